The smallest absolute Gasteiger partial charge is 0.248 e. The third-order valence-corrected chi connectivity index (χ3v) is 9.01. The van der Waals surface area contributed by atoms with Gasteiger partial charge in [-0.2, -0.15) is 0 Å². The lowest BCUT2D eigenvalue weighted by Crippen LogP contribution is -2.52. The fourth-order valence-corrected chi connectivity index (χ4v) is 6.10. The van der Waals surface area contributed by atoms with Gasteiger partial charge in [0.15, 0.2) is 0 Å². The fraction of sp³-hybridized carbons (Fsp3) is 0.625. The molecule has 0 bridgehead atoms. The van der Waals surface area contributed by atoms with E-state index in [0.29, 0.717) is 70.4 Å². The molecule has 12 heteroatoms. The maximum atomic E-state index is 14.2. The Morgan fingerprint density at radius 3 is 2.50 bits per heavy atom. The number of nitrogens with zero attached hydrogens (tertiary/aromatic N) is 6. The van der Waals surface area contributed by atoms with Gasteiger partial charge in [0.25, 0.3) is 0 Å². The van der Waals surface area contributed by atoms with Gasteiger partial charge in [0.1, 0.15) is 18.8 Å². The first-order chi connectivity index (χ1) is 21.1. The summed E-state index contributed by atoms with van der Waals surface area (Å²) in [6.45, 7) is 11.7. The zero-order chi connectivity index (χ0) is 31.8. The lowest BCUT2D eigenvalue weighted by molar-refractivity contribution is -0.136. The van der Waals surface area contributed by atoms with E-state index in [1.807, 2.05) is 36.2 Å². The van der Waals surface area contributed by atoms with Crippen LogP contribution in [0.25, 0.3) is 0 Å². The molecule has 1 aliphatic carbocycles. The molecule has 1 fully saturated rings. The molecule has 2 heterocycles. The van der Waals surface area contributed by atoms with Crippen molar-refractivity contribution in [1.82, 2.24) is 30.0 Å². The second-order valence-electron chi connectivity index (χ2n) is 12.1. The van der Waals surface area contributed by atoms with Crippen molar-refractivity contribution in [3.8, 4) is 0 Å². The molecule has 44 heavy (non-hydrogen) atoms. The highest BCUT2D eigenvalue weighted by atomic mass is 35.5. The van der Waals surface area contributed by atoms with Gasteiger partial charge in [0.2, 0.25) is 11.8 Å². The number of anilines is 1. The van der Waals surface area contributed by atoms with E-state index in [1.165, 1.54) is 6.33 Å². The van der Waals surface area contributed by atoms with Gasteiger partial charge in [0, 0.05) is 76.0 Å². The van der Waals surface area contributed by atoms with Crippen LogP contribution in [0.1, 0.15) is 62.0 Å². The van der Waals surface area contributed by atoms with E-state index in [2.05, 4.69) is 45.9 Å². The number of aliphatic hydroxyl groups is 1. The van der Waals surface area contributed by atoms with Crippen LogP contribution in [0, 0.1) is 0 Å². The second kappa shape index (κ2) is 15.9. The largest absolute Gasteiger partial charge is 0.387 e. The lowest BCUT2D eigenvalue weighted by atomic mass is 9.95. The molecule has 0 radical (unpaired) electrons. The molecule has 3 atom stereocenters. The topological polar surface area (TPSA) is 114 Å². The van der Waals surface area contributed by atoms with Crippen molar-refractivity contribution in [3.05, 3.63) is 52.4 Å². The number of ether oxygens (including phenoxy) is 1. The average Bonchev–Trinajstić information content (AvgIpc) is 3.32. The SMILES string of the molecule is CNCCOCC(=O)N(C)CCN(C[C@@H](C(=O)N1CCN(c2ncnc3c2[C@H](C)C[C@H]3O)CC1)c1ccc(Cl)cc1)C(C)C. The first kappa shape index (κ1) is 34.1. The minimum Gasteiger partial charge on any atom is -0.387 e. The molecule has 2 amide bonds. The number of amides is 2. The van der Waals surface area contributed by atoms with Crippen LogP contribution in [0.2, 0.25) is 5.02 Å². The predicted octanol–water partition coefficient (Wildman–Crippen LogP) is 2.51. The van der Waals surface area contributed by atoms with Crippen molar-refractivity contribution in [2.45, 2.75) is 51.2 Å². The zero-order valence-corrected chi connectivity index (χ0v) is 27.5. The molecule has 1 aromatic carbocycles. The van der Waals surface area contributed by atoms with Crippen LogP contribution >= 0.6 is 11.6 Å². The molecule has 11 nitrogen and oxygen atoms in total. The summed E-state index contributed by atoms with van der Waals surface area (Å²) in [6, 6.07) is 7.71. The van der Waals surface area contributed by atoms with E-state index in [0.717, 1.165) is 22.6 Å². The maximum absolute atomic E-state index is 14.2. The van der Waals surface area contributed by atoms with Crippen LogP contribution < -0.4 is 10.2 Å². The van der Waals surface area contributed by atoms with Gasteiger partial charge in [-0.1, -0.05) is 30.7 Å². The summed E-state index contributed by atoms with van der Waals surface area (Å²) in [5.41, 5.74) is 2.68. The number of hydrogen-bond donors (Lipinski definition) is 2. The third-order valence-electron chi connectivity index (χ3n) is 8.76. The molecular formula is C32H48ClN7O4. The highest BCUT2D eigenvalue weighted by molar-refractivity contribution is 6.30. The number of hydrogen-bond acceptors (Lipinski definition) is 9. The number of fused-ring (bicyclic) bond motifs is 1. The predicted molar refractivity (Wildman–Crippen MR) is 172 cm³/mol. The average molecular weight is 630 g/mol. The standard InChI is InChI=1S/C32H48ClN7O4/c1-22(2)40(12-11-37(5)28(42)20-44-17-10-34-4)19-26(24-6-8-25(33)9-7-24)32(43)39-15-13-38(14-16-39)31-29-23(3)18-27(41)30(29)35-21-36-31/h6-9,21-23,26-27,34,41H,10-20H2,1-5H3/t23-,26-,27-/m1/s1. The number of benzene rings is 1. The third kappa shape index (κ3) is 8.45. The van der Waals surface area contributed by atoms with Crippen molar-refractivity contribution < 1.29 is 19.4 Å². The number of aliphatic hydroxyl groups excluding tert-OH is 1. The summed E-state index contributed by atoms with van der Waals surface area (Å²) < 4.78 is 5.46. The number of halogens is 1. The number of carbonyl (C=O) groups excluding carboxylic acids is 2. The Hall–Kier alpha value is -2.83. The van der Waals surface area contributed by atoms with Gasteiger partial charge in [0.05, 0.1) is 24.3 Å². The molecule has 2 aliphatic rings. The number of likely N-dealkylation sites (N-methyl/N-ethyl adjacent to an activating group) is 2. The highest BCUT2D eigenvalue weighted by Gasteiger charge is 2.35. The van der Waals surface area contributed by atoms with Gasteiger partial charge < -0.3 is 29.9 Å². The molecule has 4 rings (SSSR count). The van der Waals surface area contributed by atoms with Crippen molar-refractivity contribution in [1.29, 1.82) is 0 Å². The molecule has 0 spiro atoms. The van der Waals surface area contributed by atoms with E-state index in [1.54, 1.807) is 11.9 Å². The minimum atomic E-state index is -0.553. The number of aromatic nitrogens is 2. The molecule has 1 saturated heterocycles. The molecule has 1 aromatic heterocycles. The Morgan fingerprint density at radius 1 is 1.14 bits per heavy atom. The molecule has 2 aromatic rings. The van der Waals surface area contributed by atoms with Crippen LogP contribution in [0.15, 0.2) is 30.6 Å². The normalized spacial score (nSPS) is 19.0. The number of nitrogens with one attached hydrogen (secondary N) is 1. The van der Waals surface area contributed by atoms with Crippen molar-refractivity contribution in [3.63, 3.8) is 0 Å². The molecule has 0 saturated carbocycles. The summed E-state index contributed by atoms with van der Waals surface area (Å²) in [5, 5.41) is 14.1. The van der Waals surface area contributed by atoms with Crippen LogP contribution in [0.3, 0.4) is 0 Å². The Bertz CT molecular complexity index is 1240. The summed E-state index contributed by atoms with van der Waals surface area (Å²) >= 11 is 6.21. The first-order valence-electron chi connectivity index (χ1n) is 15.6. The number of piperazine rings is 1. The second-order valence-corrected chi connectivity index (χ2v) is 12.6. The van der Waals surface area contributed by atoms with Crippen LogP contribution in [-0.2, 0) is 14.3 Å². The summed E-state index contributed by atoms with van der Waals surface area (Å²) in [7, 11) is 3.63. The zero-order valence-electron chi connectivity index (χ0n) is 26.7. The van der Waals surface area contributed by atoms with Gasteiger partial charge in [-0.3, -0.25) is 14.5 Å². The monoisotopic (exact) mass is 629 g/mol. The summed E-state index contributed by atoms with van der Waals surface area (Å²) in [4.78, 5) is 43.8. The minimum absolute atomic E-state index is 0.0506. The number of rotatable bonds is 14. The summed E-state index contributed by atoms with van der Waals surface area (Å²) in [5.74, 6) is 0.693. The Morgan fingerprint density at radius 2 is 1.84 bits per heavy atom. The van der Waals surface area contributed by atoms with Crippen LogP contribution in [0.4, 0.5) is 5.82 Å². The molecular weight excluding hydrogens is 582 g/mol. The summed E-state index contributed by atoms with van der Waals surface area (Å²) in [6.07, 6.45) is 1.64. The maximum Gasteiger partial charge on any atom is 0.248 e. The first-order valence-corrected chi connectivity index (χ1v) is 16.0. The fourth-order valence-electron chi connectivity index (χ4n) is 5.98. The van der Waals surface area contributed by atoms with Crippen molar-refractivity contribution in [2.75, 3.05) is 84.6 Å². The highest BCUT2D eigenvalue weighted by Crippen LogP contribution is 2.42. The Labute approximate surface area is 266 Å². The van der Waals surface area contributed by atoms with Gasteiger partial charge in [-0.15, -0.1) is 0 Å². The Kier molecular flexibility index (Phi) is 12.3. The lowest BCUT2D eigenvalue weighted by Gasteiger charge is -2.39. The van der Waals surface area contributed by atoms with E-state index in [9.17, 15) is 14.7 Å². The van der Waals surface area contributed by atoms with Crippen molar-refractivity contribution in [2.24, 2.45) is 0 Å². The van der Waals surface area contributed by atoms with E-state index < -0.39 is 6.10 Å². The quantitative estimate of drug-likeness (QED) is 0.304. The molecule has 1 aliphatic heterocycles. The van der Waals surface area contributed by atoms with Crippen molar-refractivity contribution >= 4 is 29.2 Å². The van der Waals surface area contributed by atoms with E-state index in [-0.39, 0.29) is 36.3 Å². The molecule has 242 valence electrons. The van der Waals surface area contributed by atoms with Gasteiger partial charge in [-0.05, 0) is 50.9 Å². The Balaban J connectivity index is 1.43. The molecule has 2 N–H and O–H groups in total. The van der Waals surface area contributed by atoms with E-state index >= 15 is 0 Å². The van der Waals surface area contributed by atoms with Gasteiger partial charge in [-0.25, -0.2) is 9.97 Å². The van der Waals surface area contributed by atoms with Crippen LogP contribution in [-0.4, -0.2) is 127 Å². The molecule has 0 unspecified atom stereocenters. The van der Waals surface area contributed by atoms with Crippen LogP contribution in [0.5, 0.6) is 0 Å². The van der Waals surface area contributed by atoms with Gasteiger partial charge >= 0.3 is 0 Å². The van der Waals surface area contributed by atoms with E-state index in [4.69, 9.17) is 16.3 Å². The number of carbonyl (C=O) groups is 2.